The minimum atomic E-state index is 0.666. The maximum Gasteiger partial charge on any atom is 0.169 e. The Morgan fingerprint density at radius 3 is 2.71 bits per heavy atom. The number of hydrogen-bond donors (Lipinski definition) is 1. The maximum absolute atomic E-state index is 5.30. The largest absolute Gasteiger partial charge is 0.495 e. The summed E-state index contributed by atoms with van der Waals surface area (Å²) in [5.74, 6) is 2.12. The molecule has 1 aromatic carbocycles. The normalized spacial score (nSPS) is 11.3. The molecule has 2 aromatic rings. The van der Waals surface area contributed by atoms with E-state index in [1.807, 2.05) is 36.4 Å². The molecular weight excluding hydrogens is 216 g/mol. The van der Waals surface area contributed by atoms with Crippen LogP contribution in [-0.2, 0) is 0 Å². The highest BCUT2D eigenvalue weighted by atomic mass is 16.5. The number of hydrogen-bond acceptors (Lipinski definition) is 3. The van der Waals surface area contributed by atoms with E-state index in [0.717, 1.165) is 11.4 Å². The van der Waals surface area contributed by atoms with Crippen LogP contribution >= 0.6 is 0 Å². The van der Waals surface area contributed by atoms with Crippen molar-refractivity contribution >= 4 is 11.5 Å². The van der Waals surface area contributed by atoms with Crippen LogP contribution in [-0.4, -0.2) is 20.0 Å². The molecule has 0 bridgehead atoms. The van der Waals surface area contributed by atoms with Gasteiger partial charge < -0.3 is 14.5 Å². The van der Waals surface area contributed by atoms with Gasteiger partial charge in [0.15, 0.2) is 11.6 Å². The first kappa shape index (κ1) is 11.3. The van der Waals surface area contributed by atoms with E-state index in [1.165, 1.54) is 0 Å². The van der Waals surface area contributed by atoms with Gasteiger partial charge in [-0.3, -0.25) is 4.99 Å². The second-order valence-corrected chi connectivity index (χ2v) is 3.37. The van der Waals surface area contributed by atoms with Crippen molar-refractivity contribution in [2.24, 2.45) is 4.99 Å². The summed E-state index contributed by atoms with van der Waals surface area (Å²) in [6.07, 6.45) is 1.62. The third-order valence-corrected chi connectivity index (χ3v) is 2.34. The summed E-state index contributed by atoms with van der Waals surface area (Å²) in [5.41, 5.74) is 0.854. The van der Waals surface area contributed by atoms with Crippen LogP contribution in [0.3, 0.4) is 0 Å². The Morgan fingerprint density at radius 2 is 2.06 bits per heavy atom. The van der Waals surface area contributed by atoms with Crippen LogP contribution in [0.4, 0.5) is 5.69 Å². The van der Waals surface area contributed by atoms with Gasteiger partial charge in [-0.25, -0.2) is 0 Å². The predicted octanol–water partition coefficient (Wildman–Crippen LogP) is 2.78. The molecule has 0 atom stereocenters. The number of nitrogens with one attached hydrogen (secondary N) is 1. The number of benzene rings is 1. The SMILES string of the molecule is CN=C(Nc1ccccc1OC)c1ccco1. The van der Waals surface area contributed by atoms with Gasteiger partial charge in [0, 0.05) is 7.05 Å². The van der Waals surface area contributed by atoms with Gasteiger partial charge in [0.25, 0.3) is 0 Å². The maximum atomic E-state index is 5.30. The smallest absolute Gasteiger partial charge is 0.169 e. The monoisotopic (exact) mass is 230 g/mol. The molecule has 4 heteroatoms. The summed E-state index contributed by atoms with van der Waals surface area (Å²) in [6.45, 7) is 0. The quantitative estimate of drug-likeness (QED) is 0.651. The van der Waals surface area contributed by atoms with Gasteiger partial charge in [-0.2, -0.15) is 0 Å². The van der Waals surface area contributed by atoms with Crippen LogP contribution in [0, 0.1) is 0 Å². The molecular formula is C13H14N2O2. The highest BCUT2D eigenvalue weighted by Gasteiger charge is 2.08. The average Bonchev–Trinajstić information content (AvgIpc) is 2.90. The number of rotatable bonds is 3. The molecule has 0 amide bonds. The third kappa shape index (κ3) is 2.47. The molecule has 4 nitrogen and oxygen atoms in total. The first-order valence-corrected chi connectivity index (χ1v) is 5.26. The van der Waals surface area contributed by atoms with Gasteiger partial charge >= 0.3 is 0 Å². The second kappa shape index (κ2) is 5.21. The number of ether oxygens (including phenoxy) is 1. The van der Waals surface area contributed by atoms with Gasteiger partial charge in [-0.1, -0.05) is 12.1 Å². The van der Waals surface area contributed by atoms with E-state index < -0.39 is 0 Å². The van der Waals surface area contributed by atoms with E-state index in [9.17, 15) is 0 Å². The summed E-state index contributed by atoms with van der Waals surface area (Å²) in [4.78, 5) is 4.16. The fraction of sp³-hybridized carbons (Fsp3) is 0.154. The second-order valence-electron chi connectivity index (χ2n) is 3.37. The van der Waals surface area contributed by atoms with E-state index in [1.54, 1.807) is 20.4 Å². The molecule has 0 unspecified atom stereocenters. The zero-order valence-corrected chi connectivity index (χ0v) is 9.81. The Kier molecular flexibility index (Phi) is 3.45. The van der Waals surface area contributed by atoms with Crippen molar-refractivity contribution in [3.63, 3.8) is 0 Å². The number of furan rings is 1. The minimum absolute atomic E-state index is 0.666. The average molecular weight is 230 g/mol. The molecule has 0 aliphatic carbocycles. The fourth-order valence-corrected chi connectivity index (χ4v) is 1.52. The summed E-state index contributed by atoms with van der Waals surface area (Å²) in [6, 6.07) is 11.3. The minimum Gasteiger partial charge on any atom is -0.495 e. The molecule has 1 aromatic heterocycles. The molecule has 0 saturated heterocycles. The lowest BCUT2D eigenvalue weighted by Gasteiger charge is -2.10. The van der Waals surface area contributed by atoms with E-state index in [0.29, 0.717) is 11.6 Å². The van der Waals surface area contributed by atoms with Gasteiger partial charge in [0.2, 0.25) is 0 Å². The van der Waals surface area contributed by atoms with Crippen molar-refractivity contribution in [1.82, 2.24) is 0 Å². The highest BCUT2D eigenvalue weighted by Crippen LogP contribution is 2.23. The van der Waals surface area contributed by atoms with E-state index >= 15 is 0 Å². The Labute approximate surface area is 99.9 Å². The number of aliphatic imine (C=N–C) groups is 1. The third-order valence-electron chi connectivity index (χ3n) is 2.34. The Balaban J connectivity index is 2.25. The van der Waals surface area contributed by atoms with Crippen molar-refractivity contribution in [3.05, 3.63) is 48.4 Å². The molecule has 88 valence electrons. The lowest BCUT2D eigenvalue weighted by Crippen LogP contribution is -2.13. The Morgan fingerprint density at radius 1 is 1.24 bits per heavy atom. The summed E-state index contributed by atoms with van der Waals surface area (Å²) in [7, 11) is 3.34. The van der Waals surface area contributed by atoms with Gasteiger partial charge in [-0.05, 0) is 24.3 Å². The number of methoxy groups -OCH3 is 1. The number of nitrogens with zero attached hydrogens (tertiary/aromatic N) is 1. The zero-order valence-electron chi connectivity index (χ0n) is 9.81. The first-order chi connectivity index (χ1) is 8.35. The van der Waals surface area contributed by atoms with Crippen molar-refractivity contribution in [3.8, 4) is 5.75 Å². The molecule has 0 saturated carbocycles. The van der Waals surface area contributed by atoms with E-state index in [-0.39, 0.29) is 0 Å². The molecule has 17 heavy (non-hydrogen) atoms. The van der Waals surface area contributed by atoms with Crippen molar-refractivity contribution in [1.29, 1.82) is 0 Å². The lowest BCUT2D eigenvalue weighted by atomic mass is 10.3. The van der Waals surface area contributed by atoms with Crippen LogP contribution in [0.5, 0.6) is 5.75 Å². The summed E-state index contributed by atoms with van der Waals surface area (Å²) >= 11 is 0. The van der Waals surface area contributed by atoms with Crippen LogP contribution in [0.15, 0.2) is 52.1 Å². The standard InChI is InChI=1S/C13H14N2O2/c1-14-13(12-8-5-9-17-12)15-10-6-3-4-7-11(10)16-2/h3-9H,1-2H3,(H,14,15). The lowest BCUT2D eigenvalue weighted by molar-refractivity contribution is 0.417. The Hall–Kier alpha value is -2.23. The topological polar surface area (TPSA) is 46.8 Å². The Bertz CT molecular complexity index is 504. The van der Waals surface area contributed by atoms with Crippen LogP contribution < -0.4 is 10.1 Å². The van der Waals surface area contributed by atoms with Gasteiger partial charge in [0.05, 0.1) is 19.1 Å². The molecule has 0 radical (unpaired) electrons. The first-order valence-electron chi connectivity index (χ1n) is 5.26. The molecule has 0 spiro atoms. The van der Waals surface area contributed by atoms with Gasteiger partial charge in [0.1, 0.15) is 5.75 Å². The van der Waals surface area contributed by atoms with Crippen LogP contribution in [0.2, 0.25) is 0 Å². The van der Waals surface area contributed by atoms with E-state index in [2.05, 4.69) is 10.3 Å². The number of anilines is 1. The van der Waals surface area contributed by atoms with Gasteiger partial charge in [-0.15, -0.1) is 0 Å². The summed E-state index contributed by atoms with van der Waals surface area (Å²) < 4.78 is 10.6. The van der Waals surface area contributed by atoms with Crippen molar-refractivity contribution < 1.29 is 9.15 Å². The molecule has 0 fully saturated rings. The molecule has 1 heterocycles. The van der Waals surface area contributed by atoms with Crippen LogP contribution in [0.25, 0.3) is 0 Å². The molecule has 0 aliphatic heterocycles. The van der Waals surface area contributed by atoms with E-state index in [4.69, 9.17) is 9.15 Å². The highest BCUT2D eigenvalue weighted by molar-refractivity contribution is 6.06. The fourth-order valence-electron chi connectivity index (χ4n) is 1.52. The number of amidine groups is 1. The summed E-state index contributed by atoms with van der Waals surface area (Å²) in [5, 5.41) is 3.18. The van der Waals surface area contributed by atoms with Crippen molar-refractivity contribution in [2.75, 3.05) is 19.5 Å². The molecule has 1 N–H and O–H groups in total. The van der Waals surface area contributed by atoms with Crippen molar-refractivity contribution in [2.45, 2.75) is 0 Å². The molecule has 0 aliphatic rings. The predicted molar refractivity (Wildman–Crippen MR) is 67.8 cm³/mol. The number of para-hydroxylation sites is 2. The van der Waals surface area contributed by atoms with Crippen LogP contribution in [0.1, 0.15) is 5.76 Å². The molecule has 2 rings (SSSR count). The zero-order chi connectivity index (χ0) is 12.1.